The van der Waals surface area contributed by atoms with Crippen molar-refractivity contribution in [1.29, 1.82) is 0 Å². The monoisotopic (exact) mass is 379 g/mol. The summed E-state index contributed by atoms with van der Waals surface area (Å²) in [4.78, 5) is 1.60. The van der Waals surface area contributed by atoms with Gasteiger partial charge < -0.3 is 0 Å². The third kappa shape index (κ3) is 3.50. The zero-order valence-electron chi connectivity index (χ0n) is 13.2. The van der Waals surface area contributed by atoms with Crippen LogP contribution in [-0.4, -0.2) is 33.7 Å². The first kappa shape index (κ1) is 18.1. The molecule has 3 nitrogen and oxygen atoms in total. The van der Waals surface area contributed by atoms with Crippen LogP contribution in [0.15, 0.2) is 12.1 Å². The van der Waals surface area contributed by atoms with Crippen LogP contribution in [0.3, 0.4) is 0 Å². The molecule has 0 amide bonds. The number of fused-ring (bicyclic) bond motifs is 1. The van der Waals surface area contributed by atoms with Gasteiger partial charge in [-0.05, 0) is 19.4 Å². The van der Waals surface area contributed by atoms with E-state index in [0.717, 1.165) is 6.07 Å². The molecule has 0 saturated carbocycles. The van der Waals surface area contributed by atoms with Crippen molar-refractivity contribution in [2.24, 2.45) is 0 Å². The molecule has 1 aliphatic heterocycles. The smallest absolute Gasteiger partial charge is 0.253 e. The molecule has 0 fully saturated rings. The second-order valence-electron chi connectivity index (χ2n) is 6.03. The molecule has 0 bridgehead atoms. The molecule has 3 rings (SSSR count). The first-order valence-electron chi connectivity index (χ1n) is 7.67. The minimum atomic E-state index is -2.48. The normalized spacial score (nSPS) is 16.3. The number of hydrogen-bond donors (Lipinski definition) is 0. The van der Waals surface area contributed by atoms with E-state index < -0.39 is 29.9 Å². The fourth-order valence-corrected chi connectivity index (χ4v) is 3.19. The van der Waals surface area contributed by atoms with Crippen LogP contribution in [0, 0.1) is 17.5 Å². The Bertz CT molecular complexity index is 793. The van der Waals surface area contributed by atoms with Gasteiger partial charge in [0.15, 0.2) is 11.6 Å². The fraction of sp³-hybridized carbons (Fsp3) is 0.438. The van der Waals surface area contributed by atoms with Gasteiger partial charge in [0.2, 0.25) is 0 Å². The number of benzene rings is 1. The molecule has 1 unspecified atom stereocenters. The molecule has 25 heavy (non-hydrogen) atoms. The quantitative estimate of drug-likeness (QED) is 0.591. The minimum Gasteiger partial charge on any atom is -0.289 e. The second kappa shape index (κ2) is 6.92. The Morgan fingerprint density at radius 1 is 1.16 bits per heavy atom. The van der Waals surface area contributed by atoms with Gasteiger partial charge in [-0.2, -0.15) is 5.10 Å². The first-order chi connectivity index (χ1) is 11.8. The van der Waals surface area contributed by atoms with Gasteiger partial charge in [0.25, 0.3) is 6.43 Å². The van der Waals surface area contributed by atoms with Gasteiger partial charge in [-0.3, -0.25) is 4.90 Å². The van der Waals surface area contributed by atoms with Crippen molar-refractivity contribution in [1.82, 2.24) is 14.7 Å². The van der Waals surface area contributed by atoms with E-state index in [4.69, 9.17) is 11.6 Å². The molecule has 0 saturated heterocycles. The van der Waals surface area contributed by atoms with Crippen molar-refractivity contribution in [2.75, 3.05) is 6.54 Å². The van der Waals surface area contributed by atoms with E-state index in [-0.39, 0.29) is 23.8 Å². The Morgan fingerprint density at radius 3 is 2.52 bits per heavy atom. The van der Waals surface area contributed by atoms with Crippen molar-refractivity contribution in [2.45, 2.75) is 38.9 Å². The predicted molar refractivity (Wildman–Crippen MR) is 82.2 cm³/mol. The summed E-state index contributed by atoms with van der Waals surface area (Å²) in [6, 6.07) is 0.307. The van der Waals surface area contributed by atoms with E-state index in [9.17, 15) is 22.0 Å². The molecule has 2 heterocycles. The van der Waals surface area contributed by atoms with Crippen molar-refractivity contribution >= 4 is 11.6 Å². The molecule has 1 aliphatic rings. The number of alkyl halides is 2. The van der Waals surface area contributed by atoms with Crippen LogP contribution >= 0.6 is 11.6 Å². The van der Waals surface area contributed by atoms with Crippen LogP contribution in [0.2, 0.25) is 5.15 Å². The van der Waals surface area contributed by atoms with Crippen LogP contribution in [0.25, 0.3) is 0 Å². The third-order valence-corrected chi connectivity index (χ3v) is 4.84. The lowest BCUT2D eigenvalue weighted by atomic mass is 10.1. The molecule has 1 atom stereocenters. The van der Waals surface area contributed by atoms with Crippen molar-refractivity contribution in [3.8, 4) is 0 Å². The standard InChI is InChI=1S/C16H15ClF5N3/c1-8(16(21)22)24-3-2-10-14(7-24)23-25(15(10)17)6-9-4-12(19)13(20)5-11(9)18/h4-5,8,16H,2-3,6-7H2,1H3. The van der Waals surface area contributed by atoms with Crippen molar-refractivity contribution in [3.05, 3.63) is 51.6 Å². The highest BCUT2D eigenvalue weighted by molar-refractivity contribution is 6.30. The Balaban J connectivity index is 1.85. The maximum Gasteiger partial charge on any atom is 0.253 e. The maximum absolute atomic E-state index is 13.8. The van der Waals surface area contributed by atoms with E-state index in [0.29, 0.717) is 30.3 Å². The molecule has 1 aromatic heterocycles. The molecule has 136 valence electrons. The van der Waals surface area contributed by atoms with Crippen molar-refractivity contribution in [3.63, 3.8) is 0 Å². The minimum absolute atomic E-state index is 0.0987. The van der Waals surface area contributed by atoms with Gasteiger partial charge in [-0.15, -0.1) is 0 Å². The lowest BCUT2D eigenvalue weighted by molar-refractivity contribution is 0.0271. The van der Waals surface area contributed by atoms with Gasteiger partial charge in [-0.1, -0.05) is 11.6 Å². The van der Waals surface area contributed by atoms with E-state index >= 15 is 0 Å². The molecule has 0 radical (unpaired) electrons. The second-order valence-corrected chi connectivity index (χ2v) is 6.38. The van der Waals surface area contributed by atoms with Crippen molar-refractivity contribution < 1.29 is 22.0 Å². The summed E-state index contributed by atoms with van der Waals surface area (Å²) in [7, 11) is 0. The number of halogens is 6. The molecule has 0 spiro atoms. The molecular weight excluding hydrogens is 365 g/mol. The van der Waals surface area contributed by atoms with Crippen LogP contribution in [-0.2, 0) is 19.5 Å². The summed E-state index contributed by atoms with van der Waals surface area (Å²) in [5.74, 6) is -3.35. The first-order valence-corrected chi connectivity index (χ1v) is 8.05. The Hall–Kier alpha value is -1.67. The van der Waals surface area contributed by atoms with Gasteiger partial charge in [-0.25, -0.2) is 26.6 Å². The zero-order valence-corrected chi connectivity index (χ0v) is 14.0. The SMILES string of the molecule is CC(C(F)F)N1CCc2c(nn(Cc3cc(F)c(F)cc3F)c2Cl)C1. The highest BCUT2D eigenvalue weighted by Crippen LogP contribution is 2.29. The Labute approximate surface area is 146 Å². The molecule has 1 aromatic carbocycles. The molecule has 0 N–H and O–H groups in total. The average molecular weight is 380 g/mol. The van der Waals surface area contributed by atoms with E-state index in [2.05, 4.69) is 5.10 Å². The van der Waals surface area contributed by atoms with E-state index in [1.807, 2.05) is 0 Å². The molecular formula is C16H15ClF5N3. The Morgan fingerprint density at radius 2 is 1.84 bits per heavy atom. The summed E-state index contributed by atoms with van der Waals surface area (Å²) in [6.45, 7) is 1.86. The topological polar surface area (TPSA) is 21.1 Å². The fourth-order valence-electron chi connectivity index (χ4n) is 2.88. The largest absolute Gasteiger partial charge is 0.289 e. The van der Waals surface area contributed by atoms with E-state index in [1.54, 1.807) is 4.90 Å². The predicted octanol–water partition coefficient (Wildman–Crippen LogP) is 4.01. The van der Waals surface area contributed by atoms with Crippen LogP contribution in [0.4, 0.5) is 22.0 Å². The third-order valence-electron chi connectivity index (χ3n) is 4.42. The summed E-state index contributed by atoms with van der Waals surface area (Å²) in [5.41, 5.74) is 1.15. The molecule has 0 aliphatic carbocycles. The summed E-state index contributed by atoms with van der Waals surface area (Å²) in [5, 5.41) is 4.50. The number of hydrogen-bond acceptors (Lipinski definition) is 2. The van der Waals surface area contributed by atoms with Gasteiger partial charge in [0, 0.05) is 30.3 Å². The summed E-state index contributed by atoms with van der Waals surface area (Å²) >= 11 is 6.25. The summed E-state index contributed by atoms with van der Waals surface area (Å²) < 4.78 is 67.2. The molecule has 9 heteroatoms. The van der Waals surface area contributed by atoms with Gasteiger partial charge in [0.05, 0.1) is 18.3 Å². The highest BCUT2D eigenvalue weighted by Gasteiger charge is 2.30. The summed E-state index contributed by atoms with van der Waals surface area (Å²) in [6.07, 6.45) is -2.04. The zero-order chi connectivity index (χ0) is 18.3. The van der Waals surface area contributed by atoms with E-state index in [1.165, 1.54) is 11.6 Å². The Kier molecular flexibility index (Phi) is 5.02. The van der Waals surface area contributed by atoms with Crippen LogP contribution in [0.5, 0.6) is 0 Å². The number of nitrogens with zero attached hydrogens (tertiary/aromatic N) is 3. The average Bonchev–Trinajstić information content (AvgIpc) is 2.87. The van der Waals surface area contributed by atoms with Crippen LogP contribution in [0.1, 0.15) is 23.7 Å². The highest BCUT2D eigenvalue weighted by atomic mass is 35.5. The molecule has 2 aromatic rings. The van der Waals surface area contributed by atoms with Gasteiger partial charge in [0.1, 0.15) is 11.0 Å². The van der Waals surface area contributed by atoms with Gasteiger partial charge >= 0.3 is 0 Å². The number of aromatic nitrogens is 2. The number of rotatable bonds is 4. The maximum atomic E-state index is 13.8. The lowest BCUT2D eigenvalue weighted by Crippen LogP contribution is -2.41. The van der Waals surface area contributed by atoms with Crippen LogP contribution < -0.4 is 0 Å². The lowest BCUT2D eigenvalue weighted by Gasteiger charge is -2.31.